The van der Waals surface area contributed by atoms with Crippen molar-refractivity contribution in [1.82, 2.24) is 0 Å². The molecule has 0 fully saturated rings. The second-order valence-corrected chi connectivity index (χ2v) is 7.49. The first-order chi connectivity index (χ1) is 16.8. The van der Waals surface area contributed by atoms with Crippen molar-refractivity contribution in [2.45, 2.75) is 0 Å². The highest BCUT2D eigenvalue weighted by Gasteiger charge is 2.19. The zero-order chi connectivity index (χ0) is 25.1. The first-order valence-corrected chi connectivity index (χ1v) is 10.3. The number of phenols is 2. The third kappa shape index (κ3) is 4.64. The van der Waals surface area contributed by atoms with Gasteiger partial charge in [0.2, 0.25) is 0 Å². The normalized spacial score (nSPS) is 11.3. The average Bonchev–Trinajstić information content (AvgIpc) is 2.85. The molecular weight excluding hydrogens is 452 g/mol. The first kappa shape index (κ1) is 23.0. The molecule has 4 aromatic carbocycles. The number of benzene rings is 4. The maximum absolute atomic E-state index is 12.8. The maximum Gasteiger partial charge on any atom is 0.335 e. The minimum Gasteiger partial charge on any atom is -0.594 e. The van der Waals surface area contributed by atoms with Crippen LogP contribution in [-0.4, -0.2) is 37.2 Å². The number of carbonyl (C=O) groups is 2. The molecule has 0 radical (unpaired) electrons. The van der Waals surface area contributed by atoms with E-state index in [1.54, 1.807) is 24.3 Å². The fourth-order valence-corrected chi connectivity index (χ4v) is 3.55. The predicted octanol–water partition coefficient (Wildman–Crippen LogP) is 5.75. The van der Waals surface area contributed by atoms with Crippen LogP contribution in [0, 0.1) is 5.21 Å². The second kappa shape index (κ2) is 9.36. The molecule has 0 aromatic heterocycles. The predicted molar refractivity (Wildman–Crippen MR) is 126 cm³/mol. The standard InChI is InChI=1S/C26H18N2O7/c29-23-19(15-5-1-7-17(13-15)25(31)32)9-3-11-21(23)27-28(35)22-12-4-10-20(24(22)30)16-6-2-8-18(14-16)26(33)34/h1-14,29-30H,(H,31,32)(H,33,34). The van der Waals surface area contributed by atoms with Crippen LogP contribution in [0.2, 0.25) is 0 Å². The smallest absolute Gasteiger partial charge is 0.335 e. The lowest BCUT2D eigenvalue weighted by atomic mass is 10.0. The Morgan fingerprint density at radius 1 is 0.686 bits per heavy atom. The average molecular weight is 470 g/mol. The summed E-state index contributed by atoms with van der Waals surface area (Å²) < 4.78 is 0. The van der Waals surface area contributed by atoms with E-state index in [2.05, 4.69) is 5.11 Å². The Balaban J connectivity index is 1.75. The minimum absolute atomic E-state index is 0.0182. The number of hydrogen-bond acceptors (Lipinski definition) is 6. The summed E-state index contributed by atoms with van der Waals surface area (Å²) in [5, 5.41) is 56.6. The number of aromatic hydroxyl groups is 2. The van der Waals surface area contributed by atoms with E-state index in [0.717, 1.165) is 0 Å². The summed E-state index contributed by atoms with van der Waals surface area (Å²) in [5.41, 5.74) is 1.03. The van der Waals surface area contributed by atoms with Gasteiger partial charge >= 0.3 is 11.9 Å². The number of rotatable bonds is 6. The van der Waals surface area contributed by atoms with Gasteiger partial charge < -0.3 is 25.6 Å². The van der Waals surface area contributed by atoms with E-state index >= 15 is 0 Å². The number of carboxylic acids is 2. The zero-order valence-corrected chi connectivity index (χ0v) is 18.0. The van der Waals surface area contributed by atoms with Crippen LogP contribution < -0.4 is 0 Å². The van der Waals surface area contributed by atoms with Crippen LogP contribution in [0.1, 0.15) is 20.7 Å². The molecule has 9 heteroatoms. The van der Waals surface area contributed by atoms with Crippen LogP contribution >= 0.6 is 0 Å². The van der Waals surface area contributed by atoms with Gasteiger partial charge in [0.1, 0.15) is 0 Å². The number of azo groups is 1. The first-order valence-electron chi connectivity index (χ1n) is 10.3. The number of phenolic OH excluding ortho intramolecular Hbond substituents is 2. The molecule has 0 aliphatic heterocycles. The highest BCUT2D eigenvalue weighted by molar-refractivity contribution is 5.91. The number of hydrogen-bond donors (Lipinski definition) is 4. The minimum atomic E-state index is -1.13. The second-order valence-electron chi connectivity index (χ2n) is 7.49. The van der Waals surface area contributed by atoms with Crippen molar-refractivity contribution in [3.63, 3.8) is 0 Å². The van der Waals surface area contributed by atoms with E-state index in [1.807, 2.05) is 0 Å². The molecule has 0 bridgehead atoms. The summed E-state index contributed by atoms with van der Waals surface area (Å²) in [5.74, 6) is -3.02. The Morgan fingerprint density at radius 2 is 1.17 bits per heavy atom. The summed E-state index contributed by atoms with van der Waals surface area (Å²) in [6, 6.07) is 20.7. The molecule has 0 spiro atoms. The van der Waals surface area contributed by atoms with Gasteiger partial charge in [-0.25, -0.2) is 9.59 Å². The van der Waals surface area contributed by atoms with Crippen LogP contribution in [0.15, 0.2) is 90.0 Å². The molecule has 9 nitrogen and oxygen atoms in total. The van der Waals surface area contributed by atoms with Gasteiger partial charge in [-0.15, -0.1) is 0 Å². The Kier molecular flexibility index (Phi) is 6.15. The molecule has 4 rings (SSSR count). The van der Waals surface area contributed by atoms with Crippen LogP contribution in [-0.2, 0) is 0 Å². The lowest BCUT2D eigenvalue weighted by molar-refractivity contribution is -0.436. The highest BCUT2D eigenvalue weighted by Crippen LogP contribution is 2.40. The zero-order valence-electron chi connectivity index (χ0n) is 18.0. The van der Waals surface area contributed by atoms with Crippen LogP contribution in [0.3, 0.4) is 0 Å². The third-order valence-corrected chi connectivity index (χ3v) is 5.28. The summed E-state index contributed by atoms with van der Waals surface area (Å²) in [6.07, 6.45) is 0. The Hall–Kier alpha value is -5.18. The molecule has 4 aromatic rings. The van der Waals surface area contributed by atoms with E-state index in [9.17, 15) is 35.2 Å². The monoisotopic (exact) mass is 470 g/mol. The molecular formula is C26H18N2O7. The van der Waals surface area contributed by atoms with Gasteiger partial charge in [0.25, 0.3) is 5.69 Å². The topological polar surface area (TPSA) is 153 Å². The summed E-state index contributed by atoms with van der Waals surface area (Å²) in [7, 11) is 0. The molecule has 0 saturated carbocycles. The van der Waals surface area contributed by atoms with Gasteiger partial charge in [0.15, 0.2) is 17.2 Å². The van der Waals surface area contributed by atoms with E-state index < -0.39 is 17.7 Å². The number of nitrogens with zero attached hydrogens (tertiary/aromatic N) is 2. The summed E-state index contributed by atoms with van der Waals surface area (Å²) in [6.45, 7) is 0. The van der Waals surface area contributed by atoms with E-state index in [0.29, 0.717) is 11.1 Å². The van der Waals surface area contributed by atoms with Gasteiger partial charge in [-0.2, -0.15) is 0 Å². The Morgan fingerprint density at radius 3 is 1.71 bits per heavy atom. The van der Waals surface area contributed by atoms with Gasteiger partial charge in [0, 0.05) is 22.3 Å². The van der Waals surface area contributed by atoms with Crippen molar-refractivity contribution >= 4 is 23.3 Å². The fraction of sp³-hybridized carbons (Fsp3) is 0. The number of carboxylic acid groups (broad SMARTS) is 2. The van der Waals surface area contributed by atoms with Gasteiger partial charge in [-0.3, -0.25) is 0 Å². The molecule has 0 atom stereocenters. The van der Waals surface area contributed by atoms with Crippen LogP contribution in [0.5, 0.6) is 11.5 Å². The Labute approximate surface area is 198 Å². The van der Waals surface area contributed by atoms with E-state index in [4.69, 9.17) is 0 Å². The molecule has 0 saturated heterocycles. The lowest BCUT2D eigenvalue weighted by Crippen LogP contribution is -1.97. The van der Waals surface area contributed by atoms with Crippen molar-refractivity contribution in [2.24, 2.45) is 5.11 Å². The van der Waals surface area contributed by atoms with Crippen molar-refractivity contribution in [2.75, 3.05) is 0 Å². The summed E-state index contributed by atoms with van der Waals surface area (Å²) >= 11 is 0. The van der Waals surface area contributed by atoms with Crippen molar-refractivity contribution in [3.8, 4) is 33.8 Å². The molecule has 0 aliphatic carbocycles. The third-order valence-electron chi connectivity index (χ3n) is 5.28. The number of para-hydroxylation sites is 2. The highest BCUT2D eigenvalue weighted by atomic mass is 16.5. The SMILES string of the molecule is O=C(O)c1cccc(-c2cccc(N=[N+]([O-])c3cccc(-c4cccc(C(=O)O)c4)c3O)c2O)c1. The van der Waals surface area contributed by atoms with Gasteiger partial charge in [-0.1, -0.05) is 48.5 Å². The van der Waals surface area contributed by atoms with Gasteiger partial charge in [0.05, 0.1) is 11.1 Å². The number of aromatic carboxylic acids is 2. The molecule has 35 heavy (non-hydrogen) atoms. The fourth-order valence-electron chi connectivity index (χ4n) is 3.55. The molecule has 174 valence electrons. The van der Waals surface area contributed by atoms with Crippen molar-refractivity contribution in [1.29, 1.82) is 0 Å². The van der Waals surface area contributed by atoms with Crippen LogP contribution in [0.4, 0.5) is 11.4 Å². The maximum atomic E-state index is 12.8. The van der Waals surface area contributed by atoms with Crippen LogP contribution in [0.25, 0.3) is 22.3 Å². The molecule has 0 unspecified atom stereocenters. The molecule has 4 N–H and O–H groups in total. The molecule has 0 amide bonds. The molecule has 0 heterocycles. The lowest BCUT2D eigenvalue weighted by Gasteiger charge is -2.10. The van der Waals surface area contributed by atoms with E-state index in [1.165, 1.54) is 60.7 Å². The summed E-state index contributed by atoms with van der Waals surface area (Å²) in [4.78, 5) is 22.7. The largest absolute Gasteiger partial charge is 0.594 e. The van der Waals surface area contributed by atoms with Crippen molar-refractivity contribution < 1.29 is 34.9 Å². The Bertz CT molecular complexity index is 1500. The van der Waals surface area contributed by atoms with E-state index in [-0.39, 0.29) is 44.2 Å². The molecule has 0 aliphatic rings. The van der Waals surface area contributed by atoms with Crippen molar-refractivity contribution in [3.05, 3.63) is 101 Å². The quantitative estimate of drug-likeness (QED) is 0.159. The van der Waals surface area contributed by atoms with Gasteiger partial charge in [-0.05, 0) is 46.3 Å².